The molecular weight excluding hydrogens is 266 g/mol. The molecule has 1 aliphatic heterocycles. The Labute approximate surface area is 126 Å². The lowest BCUT2D eigenvalue weighted by Crippen LogP contribution is -2.49. The van der Waals surface area contributed by atoms with Crippen molar-refractivity contribution >= 4 is 11.6 Å². The minimum absolute atomic E-state index is 0.0496. The minimum Gasteiger partial charge on any atom is -0.495 e. The van der Waals surface area contributed by atoms with Crippen LogP contribution in [-0.2, 0) is 0 Å². The highest BCUT2D eigenvalue weighted by atomic mass is 16.5. The van der Waals surface area contributed by atoms with Crippen LogP contribution in [0.25, 0.3) is 0 Å². The molecule has 5 nitrogen and oxygen atoms in total. The van der Waals surface area contributed by atoms with Crippen LogP contribution in [0, 0.1) is 5.92 Å². The van der Waals surface area contributed by atoms with Gasteiger partial charge < -0.3 is 15.4 Å². The second kappa shape index (κ2) is 6.80. The van der Waals surface area contributed by atoms with Crippen LogP contribution in [0.5, 0.6) is 5.75 Å². The lowest BCUT2D eigenvalue weighted by molar-refractivity contribution is 0.0624. The van der Waals surface area contributed by atoms with Crippen LogP contribution in [-0.4, -0.2) is 55.5 Å². The van der Waals surface area contributed by atoms with Crippen molar-refractivity contribution in [2.24, 2.45) is 5.92 Å². The second-order valence-corrected chi connectivity index (χ2v) is 5.94. The number of ether oxygens (including phenoxy) is 1. The summed E-state index contributed by atoms with van der Waals surface area (Å²) in [5, 5.41) is 0. The normalized spacial score (nSPS) is 16.3. The van der Waals surface area contributed by atoms with Crippen LogP contribution in [0.2, 0.25) is 0 Å². The van der Waals surface area contributed by atoms with E-state index in [-0.39, 0.29) is 5.91 Å². The molecular formula is C16H25N3O2. The maximum Gasteiger partial charge on any atom is 0.254 e. The smallest absolute Gasteiger partial charge is 0.254 e. The van der Waals surface area contributed by atoms with Gasteiger partial charge in [-0.2, -0.15) is 0 Å². The number of hydrogen-bond donors (Lipinski definition) is 1. The molecule has 0 aromatic heterocycles. The number of anilines is 1. The summed E-state index contributed by atoms with van der Waals surface area (Å²) in [4.78, 5) is 16.8. The number of benzene rings is 1. The summed E-state index contributed by atoms with van der Waals surface area (Å²) in [6, 6.07) is 5.22. The molecule has 0 spiro atoms. The van der Waals surface area contributed by atoms with E-state index in [1.54, 1.807) is 25.3 Å². The van der Waals surface area contributed by atoms with E-state index in [1.807, 2.05) is 4.90 Å². The summed E-state index contributed by atoms with van der Waals surface area (Å²) in [6.45, 7) is 8.97. The zero-order valence-electron chi connectivity index (χ0n) is 13.1. The number of piperazine rings is 1. The van der Waals surface area contributed by atoms with Gasteiger partial charge in [-0.05, 0) is 24.1 Å². The van der Waals surface area contributed by atoms with E-state index in [2.05, 4.69) is 18.7 Å². The van der Waals surface area contributed by atoms with Crippen molar-refractivity contribution in [1.82, 2.24) is 9.80 Å². The van der Waals surface area contributed by atoms with Gasteiger partial charge in [-0.3, -0.25) is 9.69 Å². The van der Waals surface area contributed by atoms with Gasteiger partial charge in [0.2, 0.25) is 0 Å². The molecule has 5 heteroatoms. The molecule has 0 unspecified atom stereocenters. The first-order valence-corrected chi connectivity index (χ1v) is 7.46. The third-order valence-electron chi connectivity index (χ3n) is 3.76. The van der Waals surface area contributed by atoms with Gasteiger partial charge in [-0.15, -0.1) is 0 Å². The van der Waals surface area contributed by atoms with Crippen molar-refractivity contribution < 1.29 is 9.53 Å². The van der Waals surface area contributed by atoms with Crippen LogP contribution < -0.4 is 10.5 Å². The maximum atomic E-state index is 12.5. The van der Waals surface area contributed by atoms with E-state index < -0.39 is 0 Å². The van der Waals surface area contributed by atoms with Gasteiger partial charge in [0.05, 0.1) is 12.8 Å². The first kappa shape index (κ1) is 15.6. The van der Waals surface area contributed by atoms with Gasteiger partial charge in [-0.25, -0.2) is 0 Å². The molecule has 0 atom stereocenters. The monoisotopic (exact) mass is 291 g/mol. The second-order valence-electron chi connectivity index (χ2n) is 5.94. The lowest BCUT2D eigenvalue weighted by atomic mass is 10.1. The zero-order chi connectivity index (χ0) is 15.4. The number of hydrogen-bond acceptors (Lipinski definition) is 4. The third-order valence-corrected chi connectivity index (χ3v) is 3.76. The molecule has 1 aliphatic rings. The molecule has 1 heterocycles. The molecule has 21 heavy (non-hydrogen) atoms. The molecule has 116 valence electrons. The Morgan fingerprint density at radius 1 is 1.29 bits per heavy atom. The molecule has 1 amide bonds. The molecule has 1 fully saturated rings. The van der Waals surface area contributed by atoms with E-state index >= 15 is 0 Å². The maximum absolute atomic E-state index is 12.5. The van der Waals surface area contributed by atoms with Gasteiger partial charge in [0.25, 0.3) is 5.91 Å². The summed E-state index contributed by atoms with van der Waals surface area (Å²) < 4.78 is 5.12. The van der Waals surface area contributed by atoms with E-state index in [9.17, 15) is 4.79 Å². The van der Waals surface area contributed by atoms with Crippen LogP contribution in [0.15, 0.2) is 18.2 Å². The summed E-state index contributed by atoms with van der Waals surface area (Å²) in [5.41, 5.74) is 7.00. The van der Waals surface area contributed by atoms with Crippen molar-refractivity contribution in [2.45, 2.75) is 13.8 Å². The highest BCUT2D eigenvalue weighted by Crippen LogP contribution is 2.23. The predicted octanol–water partition coefficient (Wildman–Crippen LogP) is 1.69. The highest BCUT2D eigenvalue weighted by molar-refractivity contribution is 5.95. The summed E-state index contributed by atoms with van der Waals surface area (Å²) in [5.74, 6) is 1.32. The highest BCUT2D eigenvalue weighted by Gasteiger charge is 2.22. The quantitative estimate of drug-likeness (QED) is 0.858. The average Bonchev–Trinajstić information content (AvgIpc) is 2.46. The van der Waals surface area contributed by atoms with Gasteiger partial charge >= 0.3 is 0 Å². The molecule has 2 rings (SSSR count). The van der Waals surface area contributed by atoms with Gasteiger partial charge in [0, 0.05) is 38.3 Å². The Hall–Kier alpha value is -1.75. The topological polar surface area (TPSA) is 58.8 Å². The molecule has 0 bridgehead atoms. The minimum atomic E-state index is 0.0496. The fraction of sp³-hybridized carbons (Fsp3) is 0.562. The Balaban J connectivity index is 1.97. The van der Waals surface area contributed by atoms with Crippen LogP contribution in [0.3, 0.4) is 0 Å². The molecule has 1 aromatic rings. The van der Waals surface area contributed by atoms with Crippen molar-refractivity contribution in [3.63, 3.8) is 0 Å². The van der Waals surface area contributed by atoms with Gasteiger partial charge in [-0.1, -0.05) is 13.8 Å². The van der Waals surface area contributed by atoms with Crippen molar-refractivity contribution in [2.75, 3.05) is 45.6 Å². The zero-order valence-corrected chi connectivity index (χ0v) is 13.1. The number of nitrogens with zero attached hydrogens (tertiary/aromatic N) is 2. The number of carbonyl (C=O) groups is 1. The summed E-state index contributed by atoms with van der Waals surface area (Å²) in [7, 11) is 1.57. The fourth-order valence-electron chi connectivity index (χ4n) is 2.70. The number of nitrogen functional groups attached to an aromatic ring is 1. The molecule has 0 radical (unpaired) electrons. The van der Waals surface area contributed by atoms with Gasteiger partial charge in [0.15, 0.2) is 0 Å². The third kappa shape index (κ3) is 3.88. The first-order valence-electron chi connectivity index (χ1n) is 7.46. The Bertz CT molecular complexity index is 494. The van der Waals surface area contributed by atoms with Crippen molar-refractivity contribution in [3.05, 3.63) is 23.8 Å². The summed E-state index contributed by atoms with van der Waals surface area (Å²) in [6.07, 6.45) is 0. The van der Waals surface area contributed by atoms with E-state index in [0.29, 0.717) is 22.9 Å². The fourth-order valence-corrected chi connectivity index (χ4v) is 2.70. The average molecular weight is 291 g/mol. The molecule has 1 saturated heterocycles. The number of nitrogens with two attached hydrogens (primary N) is 1. The van der Waals surface area contributed by atoms with Crippen LogP contribution >= 0.6 is 0 Å². The van der Waals surface area contributed by atoms with Crippen LogP contribution in [0.4, 0.5) is 5.69 Å². The molecule has 1 aromatic carbocycles. The van der Waals surface area contributed by atoms with E-state index in [4.69, 9.17) is 10.5 Å². The SMILES string of the molecule is COc1ccc(C(=O)N2CCN(CC(C)C)CC2)cc1N. The first-order chi connectivity index (χ1) is 10.0. The largest absolute Gasteiger partial charge is 0.495 e. The summed E-state index contributed by atoms with van der Waals surface area (Å²) >= 11 is 0. The van der Waals surface area contributed by atoms with Crippen LogP contribution in [0.1, 0.15) is 24.2 Å². The number of methoxy groups -OCH3 is 1. The lowest BCUT2D eigenvalue weighted by Gasteiger charge is -2.35. The molecule has 0 aliphatic carbocycles. The Morgan fingerprint density at radius 3 is 2.48 bits per heavy atom. The van der Waals surface area contributed by atoms with E-state index in [1.165, 1.54) is 0 Å². The Morgan fingerprint density at radius 2 is 1.95 bits per heavy atom. The number of carbonyl (C=O) groups excluding carboxylic acids is 1. The molecule has 2 N–H and O–H groups in total. The van der Waals surface area contributed by atoms with Crippen molar-refractivity contribution in [1.29, 1.82) is 0 Å². The Kier molecular flexibility index (Phi) is 5.07. The molecule has 0 saturated carbocycles. The predicted molar refractivity (Wildman–Crippen MR) is 84.6 cm³/mol. The van der Waals surface area contributed by atoms with Crippen molar-refractivity contribution in [3.8, 4) is 5.75 Å². The van der Waals surface area contributed by atoms with E-state index in [0.717, 1.165) is 32.7 Å². The number of amides is 1. The number of rotatable bonds is 4. The standard InChI is InChI=1S/C16H25N3O2/c1-12(2)11-18-6-8-19(9-7-18)16(20)13-4-5-15(21-3)14(17)10-13/h4-5,10,12H,6-9,11,17H2,1-3H3. The van der Waals surface area contributed by atoms with Gasteiger partial charge in [0.1, 0.15) is 5.75 Å².